The lowest BCUT2D eigenvalue weighted by Gasteiger charge is -2.28. The molecule has 0 aliphatic rings. The van der Waals surface area contributed by atoms with Crippen LogP contribution in [0.25, 0.3) is 0 Å². The molecule has 0 spiro atoms. The molecule has 3 aromatic rings. The van der Waals surface area contributed by atoms with Gasteiger partial charge in [-0.15, -0.1) is 11.8 Å². The van der Waals surface area contributed by atoms with E-state index >= 15 is 0 Å². The summed E-state index contributed by atoms with van der Waals surface area (Å²) in [6.45, 7) is 2.33. The van der Waals surface area contributed by atoms with Crippen molar-refractivity contribution < 1.29 is 0 Å². The Hall–Kier alpha value is -1.27. The second-order valence-electron chi connectivity index (χ2n) is 5.88. The van der Waals surface area contributed by atoms with Crippen LogP contribution in [0.4, 0.5) is 0 Å². The van der Waals surface area contributed by atoms with E-state index in [0.717, 1.165) is 16.6 Å². The van der Waals surface area contributed by atoms with Crippen molar-refractivity contribution in [3.8, 4) is 0 Å². The van der Waals surface area contributed by atoms with Gasteiger partial charge in [-0.1, -0.05) is 54.0 Å². The molecule has 124 valence electrons. The minimum Gasteiger partial charge on any atom is -0.255 e. The molecule has 0 radical (unpaired) electrons. The maximum Gasteiger partial charge on any atom is 0.137 e. The Labute approximate surface area is 157 Å². The molecule has 24 heavy (non-hydrogen) atoms. The smallest absolute Gasteiger partial charge is 0.137 e. The van der Waals surface area contributed by atoms with Crippen LogP contribution in [0.2, 0.25) is 16.6 Å². The molecule has 3 rings (SSSR count). The highest BCUT2D eigenvalue weighted by Crippen LogP contribution is 2.25. The summed E-state index contributed by atoms with van der Waals surface area (Å²) in [5.74, 6) is 0. The summed E-state index contributed by atoms with van der Waals surface area (Å²) in [6, 6.07) is 16.3. The number of benzene rings is 2. The average molecular weight is 394 g/mol. The highest BCUT2D eigenvalue weighted by molar-refractivity contribution is 8.01. The largest absolute Gasteiger partial charge is 0.255 e. The van der Waals surface area contributed by atoms with Gasteiger partial charge in [-0.3, -0.25) is 4.68 Å². The Balaban J connectivity index is 1.90. The standard InChI is InChI=1S/C17H17Cl2N3SSi/c1-24(12-22-11-20-10-21-22,13-23-15-5-3-2-4-6-15)17-8-7-14(18)9-16(17)19/h2-11H,12-13H2,1H3. The van der Waals surface area contributed by atoms with Crippen LogP contribution in [-0.2, 0) is 6.17 Å². The van der Waals surface area contributed by atoms with E-state index in [9.17, 15) is 0 Å². The Bertz CT molecular complexity index is 799. The molecule has 2 aromatic carbocycles. The molecular weight excluding hydrogens is 377 g/mol. The summed E-state index contributed by atoms with van der Waals surface area (Å²) in [4.78, 5) is 5.33. The topological polar surface area (TPSA) is 30.7 Å². The maximum atomic E-state index is 6.53. The highest BCUT2D eigenvalue weighted by atomic mass is 35.5. The van der Waals surface area contributed by atoms with Crippen LogP contribution >= 0.6 is 35.0 Å². The molecule has 0 aliphatic heterocycles. The normalized spacial score (nSPS) is 13.6. The molecule has 3 nitrogen and oxygen atoms in total. The van der Waals surface area contributed by atoms with Crippen LogP contribution in [0.5, 0.6) is 0 Å². The van der Waals surface area contributed by atoms with E-state index in [4.69, 9.17) is 23.2 Å². The van der Waals surface area contributed by atoms with Gasteiger partial charge in [-0.2, -0.15) is 5.10 Å². The molecular formula is C17H17Cl2N3SSi. The molecule has 1 unspecified atom stereocenters. The SMILES string of the molecule is C[Si](CSc1ccccc1)(Cn1cncn1)c1ccc(Cl)cc1Cl. The summed E-state index contributed by atoms with van der Waals surface area (Å²) in [5.41, 5.74) is 0. The van der Waals surface area contributed by atoms with Crippen LogP contribution in [0, 0.1) is 0 Å². The number of rotatable bonds is 6. The van der Waals surface area contributed by atoms with Gasteiger partial charge in [0.25, 0.3) is 0 Å². The number of nitrogens with zero attached hydrogens (tertiary/aromatic N) is 3. The van der Waals surface area contributed by atoms with E-state index in [1.807, 2.05) is 34.6 Å². The van der Waals surface area contributed by atoms with Crippen LogP contribution in [-0.4, -0.2) is 28.2 Å². The number of hydrogen-bond acceptors (Lipinski definition) is 3. The minimum atomic E-state index is -1.95. The molecule has 0 saturated heterocycles. The van der Waals surface area contributed by atoms with E-state index in [2.05, 4.69) is 47.0 Å². The van der Waals surface area contributed by atoms with E-state index in [1.165, 1.54) is 10.1 Å². The third kappa shape index (κ3) is 4.22. The van der Waals surface area contributed by atoms with Gasteiger partial charge < -0.3 is 0 Å². The van der Waals surface area contributed by atoms with Crippen molar-refractivity contribution in [3.63, 3.8) is 0 Å². The summed E-state index contributed by atoms with van der Waals surface area (Å²) in [6.07, 6.45) is 4.17. The number of aromatic nitrogens is 3. The van der Waals surface area contributed by atoms with Gasteiger partial charge in [0, 0.05) is 21.1 Å². The zero-order valence-electron chi connectivity index (χ0n) is 13.2. The lowest BCUT2D eigenvalue weighted by atomic mass is 10.4. The third-order valence-corrected chi connectivity index (χ3v) is 11.1. The first kappa shape index (κ1) is 17.5. The van der Waals surface area contributed by atoms with E-state index in [-0.39, 0.29) is 0 Å². The molecule has 1 heterocycles. The van der Waals surface area contributed by atoms with Gasteiger partial charge in [0.1, 0.15) is 20.7 Å². The number of halogens is 2. The fourth-order valence-electron chi connectivity index (χ4n) is 2.62. The Morgan fingerprint density at radius 2 is 1.92 bits per heavy atom. The van der Waals surface area contributed by atoms with Gasteiger partial charge in [-0.25, -0.2) is 4.98 Å². The van der Waals surface area contributed by atoms with Crippen LogP contribution in [0.3, 0.4) is 0 Å². The van der Waals surface area contributed by atoms with Crippen molar-refractivity contribution in [1.82, 2.24) is 14.8 Å². The molecule has 0 aliphatic carbocycles. The zero-order valence-corrected chi connectivity index (χ0v) is 16.5. The van der Waals surface area contributed by atoms with Gasteiger partial charge in [-0.05, 0) is 34.8 Å². The monoisotopic (exact) mass is 393 g/mol. The predicted octanol–water partition coefficient (Wildman–Crippen LogP) is 4.44. The fourth-order valence-corrected chi connectivity index (χ4v) is 9.17. The molecule has 0 fully saturated rings. The summed E-state index contributed by atoms with van der Waals surface area (Å²) in [7, 11) is -1.95. The highest BCUT2D eigenvalue weighted by Gasteiger charge is 2.33. The minimum absolute atomic E-state index is 0.663. The third-order valence-electron chi connectivity index (χ3n) is 3.86. The maximum absolute atomic E-state index is 6.53. The number of thioether (sulfide) groups is 1. The molecule has 0 N–H and O–H groups in total. The Morgan fingerprint density at radius 3 is 2.58 bits per heavy atom. The van der Waals surface area contributed by atoms with E-state index < -0.39 is 8.07 Å². The number of hydrogen-bond donors (Lipinski definition) is 0. The zero-order chi connectivity index (χ0) is 17.0. The first-order valence-corrected chi connectivity index (χ1v) is 12.2. The summed E-state index contributed by atoms with van der Waals surface area (Å²) >= 11 is 14.5. The van der Waals surface area contributed by atoms with Crippen molar-refractivity contribution >= 4 is 48.2 Å². The molecule has 1 aromatic heterocycles. The first-order valence-electron chi connectivity index (χ1n) is 7.53. The second kappa shape index (κ2) is 7.74. The van der Waals surface area contributed by atoms with E-state index in [0.29, 0.717) is 5.02 Å². The van der Waals surface area contributed by atoms with Crippen LogP contribution < -0.4 is 5.19 Å². The molecule has 0 saturated carbocycles. The predicted molar refractivity (Wildman–Crippen MR) is 105 cm³/mol. The fraction of sp³-hybridized carbons (Fsp3) is 0.176. The van der Waals surface area contributed by atoms with E-state index in [1.54, 1.807) is 12.7 Å². The van der Waals surface area contributed by atoms with Crippen LogP contribution in [0.1, 0.15) is 0 Å². The molecule has 0 bridgehead atoms. The van der Waals surface area contributed by atoms with Crippen molar-refractivity contribution in [1.29, 1.82) is 0 Å². The van der Waals surface area contributed by atoms with Crippen molar-refractivity contribution in [2.45, 2.75) is 17.6 Å². The molecule has 7 heteroatoms. The Kier molecular flexibility index (Phi) is 5.66. The van der Waals surface area contributed by atoms with Gasteiger partial charge in [0.05, 0.1) is 0 Å². The summed E-state index contributed by atoms with van der Waals surface area (Å²) in [5, 5.41) is 7.90. The molecule has 1 atom stereocenters. The lowest BCUT2D eigenvalue weighted by molar-refractivity contribution is 0.725. The van der Waals surface area contributed by atoms with Crippen molar-refractivity contribution in [2.75, 3.05) is 5.38 Å². The molecule has 0 amide bonds. The summed E-state index contributed by atoms with van der Waals surface area (Å²) < 4.78 is 1.91. The quantitative estimate of drug-likeness (QED) is 0.457. The van der Waals surface area contributed by atoms with Gasteiger partial charge in [0.2, 0.25) is 0 Å². The lowest BCUT2D eigenvalue weighted by Crippen LogP contribution is -2.52. The average Bonchev–Trinajstić information content (AvgIpc) is 3.06. The Morgan fingerprint density at radius 1 is 1.12 bits per heavy atom. The van der Waals surface area contributed by atoms with Crippen molar-refractivity contribution in [2.24, 2.45) is 0 Å². The van der Waals surface area contributed by atoms with Gasteiger partial charge in [0.15, 0.2) is 0 Å². The second-order valence-corrected chi connectivity index (χ2v) is 12.6. The first-order chi connectivity index (χ1) is 11.6. The van der Waals surface area contributed by atoms with Crippen LogP contribution in [0.15, 0.2) is 66.1 Å². The van der Waals surface area contributed by atoms with Gasteiger partial charge >= 0.3 is 0 Å². The van der Waals surface area contributed by atoms with Crippen molar-refractivity contribution in [3.05, 3.63) is 71.2 Å².